The normalized spacial score (nSPS) is 17.2. The zero-order valence-corrected chi connectivity index (χ0v) is 44.4. The molecule has 5 N–H and O–H groups in total. The van der Waals surface area contributed by atoms with Gasteiger partial charge < -0.3 is 53.3 Å². The van der Waals surface area contributed by atoms with Crippen molar-refractivity contribution in [2.75, 3.05) is 19.8 Å². The van der Waals surface area contributed by atoms with Crippen molar-refractivity contribution in [3.05, 3.63) is 143 Å². The van der Waals surface area contributed by atoms with Crippen LogP contribution < -0.4 is 18.9 Å². The second-order valence-electron chi connectivity index (χ2n) is 21.0. The van der Waals surface area contributed by atoms with E-state index in [9.17, 15) is 25.5 Å². The highest BCUT2D eigenvalue weighted by molar-refractivity contribution is 6.77. The van der Waals surface area contributed by atoms with Gasteiger partial charge >= 0.3 is 0 Å². The zero-order valence-electron chi connectivity index (χ0n) is 42.4. The second kappa shape index (κ2) is 22.9. The molecular weight excluding hydrogens is 905 g/mol. The monoisotopic (exact) mass is 980 g/mol. The maximum absolute atomic E-state index is 12.4. The van der Waals surface area contributed by atoms with Gasteiger partial charge in [-0.1, -0.05) is 141 Å². The van der Waals surface area contributed by atoms with Crippen LogP contribution in [0, 0.1) is 11.8 Å². The van der Waals surface area contributed by atoms with Crippen LogP contribution in [0.4, 0.5) is 0 Å². The molecule has 374 valence electrons. The van der Waals surface area contributed by atoms with Gasteiger partial charge in [0, 0.05) is 30.6 Å². The number of aliphatic hydroxyl groups excluding tert-OH is 3. The third-order valence-electron chi connectivity index (χ3n) is 14.5. The Bertz CT molecular complexity index is 2380. The lowest BCUT2D eigenvalue weighted by molar-refractivity contribution is -0.0386. The Kier molecular flexibility index (Phi) is 17.8. The van der Waals surface area contributed by atoms with Crippen LogP contribution in [0.15, 0.2) is 115 Å². The molecule has 1 aliphatic rings. The summed E-state index contributed by atoms with van der Waals surface area (Å²) in [6.07, 6.45) is -3.43. The number of ether oxygens (including phenoxy) is 4. The van der Waals surface area contributed by atoms with Gasteiger partial charge in [-0.05, 0) is 93.4 Å². The number of phenolic OH excluding ortho intramolecular Hbond substituents is 2. The Morgan fingerprint density at radius 2 is 1.17 bits per heavy atom. The maximum atomic E-state index is 12.4. The van der Waals surface area contributed by atoms with Gasteiger partial charge in [-0.25, -0.2) is 0 Å². The van der Waals surface area contributed by atoms with Gasteiger partial charge in [0.2, 0.25) is 8.32 Å². The highest BCUT2D eigenvalue weighted by Crippen LogP contribution is 2.49. The summed E-state index contributed by atoms with van der Waals surface area (Å²) in [7, 11) is -4.97. The predicted octanol–water partition coefficient (Wildman–Crippen LogP) is 12.3. The molecule has 0 radical (unpaired) electrons. The molecule has 6 atom stereocenters. The molecule has 0 bridgehead atoms. The van der Waals surface area contributed by atoms with Crippen LogP contribution >= 0.6 is 0 Å². The molecule has 13 heteroatoms. The number of phenols is 2. The molecule has 11 nitrogen and oxygen atoms in total. The van der Waals surface area contributed by atoms with Gasteiger partial charge in [0.05, 0.1) is 18.8 Å². The van der Waals surface area contributed by atoms with E-state index in [1.54, 1.807) is 24.3 Å². The van der Waals surface area contributed by atoms with E-state index in [1.165, 1.54) is 12.1 Å². The first-order chi connectivity index (χ1) is 32.7. The van der Waals surface area contributed by atoms with E-state index in [0.717, 1.165) is 11.1 Å². The molecule has 0 spiro atoms. The van der Waals surface area contributed by atoms with Gasteiger partial charge in [-0.3, -0.25) is 0 Å². The van der Waals surface area contributed by atoms with Crippen LogP contribution in [0.2, 0.25) is 34.8 Å². The van der Waals surface area contributed by atoms with E-state index in [4.69, 9.17) is 27.8 Å². The lowest BCUT2D eigenvalue weighted by Gasteiger charge is -2.44. The summed E-state index contributed by atoms with van der Waals surface area (Å²) in [5.41, 5.74) is 4.67. The van der Waals surface area contributed by atoms with Crippen molar-refractivity contribution >= 4 is 16.6 Å². The average molecular weight is 981 g/mol. The maximum Gasteiger partial charge on any atom is 0.200 e. The topological polar surface area (TPSA) is 157 Å². The Balaban J connectivity index is 1.36. The number of aromatic hydroxyl groups is 2. The van der Waals surface area contributed by atoms with Gasteiger partial charge in [0.25, 0.3) is 0 Å². The van der Waals surface area contributed by atoms with Crippen molar-refractivity contribution in [1.29, 1.82) is 0 Å². The van der Waals surface area contributed by atoms with E-state index < -0.39 is 66.1 Å². The molecule has 0 aromatic heterocycles. The quantitative estimate of drug-likeness (QED) is 0.0332. The molecule has 6 rings (SSSR count). The summed E-state index contributed by atoms with van der Waals surface area (Å²) in [4.78, 5) is 0. The van der Waals surface area contributed by atoms with Crippen LogP contribution in [0.5, 0.6) is 34.5 Å². The predicted molar refractivity (Wildman–Crippen MR) is 276 cm³/mol. The second-order valence-corrected chi connectivity index (χ2v) is 31.2. The lowest BCUT2D eigenvalue weighted by Crippen LogP contribution is -2.50. The van der Waals surface area contributed by atoms with Crippen LogP contribution in [0.25, 0.3) is 0 Å². The van der Waals surface area contributed by atoms with Crippen LogP contribution in [-0.4, -0.2) is 68.1 Å². The molecule has 0 aliphatic carbocycles. The third kappa shape index (κ3) is 12.4. The minimum absolute atomic E-state index is 0.199. The Morgan fingerprint density at radius 1 is 0.609 bits per heavy atom. The molecular formula is C56H76O11Si2. The fourth-order valence-corrected chi connectivity index (χ4v) is 16.4. The zero-order chi connectivity index (χ0) is 50.3. The third-order valence-corrected chi connectivity index (χ3v) is 25.0. The SMILES string of the molecule is CC(C)[Si](OC[C@H]1Oc2cc(C(O)[C@@H](CO)[C@H](CO)[C@@H](O[Si](C)(C)C(C)(C)C)c3ccc(OCc4ccccc4)c(OCc4ccccc4)c3)ccc2O[C@@H]1c1ccc(O)c(O)c1)(C(C)C)C(C)C. The van der Waals surface area contributed by atoms with Crippen LogP contribution in [0.3, 0.4) is 0 Å². The van der Waals surface area contributed by atoms with Crippen LogP contribution in [-0.2, 0) is 22.1 Å². The number of fused-ring (bicyclic) bond motifs is 1. The smallest absolute Gasteiger partial charge is 0.200 e. The van der Waals surface area contributed by atoms with E-state index in [0.29, 0.717) is 62.9 Å². The first kappa shape index (κ1) is 53.5. The standard InChI is InChI=1S/C56H76O11Si2/c1-36(2)69(37(3)4,38(5)6)64-35-52-55(42-22-25-46(59)47(60)28-42)66-49-27-23-41(29-51(49)65-52)53(61)44(31-57)45(32-58)54(67-68(10,11)56(7,8)9)43-24-26-48(62-33-39-18-14-12-15-19-39)50(30-43)63-34-40-20-16-13-17-21-40/h12-30,36-38,44-45,52-55,57-61H,31-35H2,1-11H3/t44-,45-,52+,53?,54-,55+/m0/s1. The lowest BCUT2D eigenvalue weighted by atomic mass is 9.80. The van der Waals surface area contributed by atoms with Crippen molar-refractivity contribution in [2.24, 2.45) is 11.8 Å². The molecule has 1 heterocycles. The minimum atomic E-state index is -2.60. The van der Waals surface area contributed by atoms with Crippen LogP contribution in [0.1, 0.15) is 108 Å². The summed E-state index contributed by atoms with van der Waals surface area (Å²) < 4.78 is 40.7. The molecule has 1 unspecified atom stereocenters. The number of hydrogen-bond donors (Lipinski definition) is 5. The van der Waals surface area contributed by atoms with Crippen molar-refractivity contribution in [3.63, 3.8) is 0 Å². The van der Waals surface area contributed by atoms with Gasteiger partial charge in [-0.15, -0.1) is 0 Å². The molecule has 5 aromatic carbocycles. The van der Waals surface area contributed by atoms with E-state index in [-0.39, 0.29) is 29.8 Å². The number of benzene rings is 5. The van der Waals surface area contributed by atoms with Crippen molar-refractivity contribution in [1.82, 2.24) is 0 Å². The molecule has 0 saturated heterocycles. The molecule has 0 amide bonds. The Hall–Kier alpha value is -4.87. The minimum Gasteiger partial charge on any atom is -0.504 e. The first-order valence-corrected chi connectivity index (χ1v) is 29.4. The summed E-state index contributed by atoms with van der Waals surface area (Å²) in [5, 5.41) is 55.7. The molecule has 0 fully saturated rings. The van der Waals surface area contributed by atoms with Gasteiger partial charge in [-0.2, -0.15) is 0 Å². The number of hydrogen-bond acceptors (Lipinski definition) is 11. The van der Waals surface area contributed by atoms with E-state index in [1.807, 2.05) is 78.9 Å². The first-order valence-electron chi connectivity index (χ1n) is 24.4. The molecule has 1 aliphatic heterocycles. The fraction of sp³-hybridized carbons (Fsp3) is 0.464. The van der Waals surface area contributed by atoms with Gasteiger partial charge in [0.1, 0.15) is 13.2 Å². The van der Waals surface area contributed by atoms with E-state index >= 15 is 0 Å². The highest BCUT2D eigenvalue weighted by atomic mass is 28.4. The molecule has 0 saturated carbocycles. The summed E-state index contributed by atoms with van der Waals surface area (Å²) in [6, 6.07) is 35.3. The highest BCUT2D eigenvalue weighted by Gasteiger charge is 2.48. The van der Waals surface area contributed by atoms with Crippen molar-refractivity contribution in [2.45, 2.75) is 135 Å². The van der Waals surface area contributed by atoms with E-state index in [2.05, 4.69) is 75.4 Å². The largest absolute Gasteiger partial charge is 0.504 e. The Labute approximate surface area is 412 Å². The molecule has 69 heavy (non-hydrogen) atoms. The number of aliphatic hydroxyl groups is 3. The average Bonchev–Trinajstić information content (AvgIpc) is 3.31. The van der Waals surface area contributed by atoms with Crippen molar-refractivity contribution < 1.29 is 53.3 Å². The van der Waals surface area contributed by atoms with Gasteiger partial charge in [0.15, 0.2) is 55.0 Å². The summed E-state index contributed by atoms with van der Waals surface area (Å²) in [5.74, 6) is -0.391. The number of rotatable bonds is 22. The molecule has 5 aromatic rings. The fourth-order valence-electron chi connectivity index (χ4n) is 9.66. The summed E-state index contributed by atoms with van der Waals surface area (Å²) >= 11 is 0. The van der Waals surface area contributed by atoms with Crippen molar-refractivity contribution in [3.8, 4) is 34.5 Å². The Morgan fingerprint density at radius 3 is 1.71 bits per heavy atom. The summed E-state index contributed by atoms with van der Waals surface area (Å²) in [6.45, 7) is 24.0.